The normalized spacial score (nSPS) is 10.2. The molecule has 25 nitrogen and oxygen atoms in total. The predicted molar refractivity (Wildman–Crippen MR) is 184 cm³/mol. The van der Waals surface area contributed by atoms with Gasteiger partial charge >= 0.3 is 47.8 Å². The summed E-state index contributed by atoms with van der Waals surface area (Å²) in [7, 11) is 0. The van der Waals surface area contributed by atoms with E-state index in [0.29, 0.717) is 12.8 Å². The van der Waals surface area contributed by atoms with Gasteiger partial charge in [-0.3, -0.25) is 0 Å². The molecule has 0 atom stereocenters. The Kier molecular flexibility index (Phi) is 22.9. The molecule has 0 aliphatic carbocycles. The van der Waals surface area contributed by atoms with Gasteiger partial charge in [0.25, 0.3) is 5.09 Å². The van der Waals surface area contributed by atoms with E-state index in [0.717, 1.165) is 0 Å². The van der Waals surface area contributed by atoms with Crippen molar-refractivity contribution in [1.29, 1.82) is 0 Å². The van der Waals surface area contributed by atoms with E-state index in [1.807, 2.05) is 5.34 Å². The van der Waals surface area contributed by atoms with Crippen molar-refractivity contribution in [3.63, 3.8) is 0 Å². The minimum Gasteiger partial charge on any atom is -0.463 e. The highest BCUT2D eigenvalue weighted by Crippen LogP contribution is 2.20. The molecule has 0 aliphatic rings. The van der Waals surface area contributed by atoms with Crippen LogP contribution in [0.25, 0.3) is 0 Å². The lowest BCUT2D eigenvalue weighted by Gasteiger charge is -2.11. The first-order chi connectivity index (χ1) is 28.4. The number of ether oxygens (including phenoxy) is 9. The van der Waals surface area contributed by atoms with Crippen molar-refractivity contribution in [3.05, 3.63) is 74.7 Å². The van der Waals surface area contributed by atoms with Crippen LogP contribution < -0.4 is 9.47 Å². The smallest absolute Gasteiger partial charge is 0.349 e. The molecule has 2 aromatic rings. The van der Waals surface area contributed by atoms with Crippen LogP contribution in [0.1, 0.15) is 46.4 Å². The molecule has 59 heavy (non-hydrogen) atoms. The highest BCUT2D eigenvalue weighted by atomic mass is 17.3. The number of nitrogens with zero attached hydrogens (tertiary/aromatic N) is 2. The van der Waals surface area contributed by atoms with E-state index in [-0.39, 0.29) is 61.9 Å². The van der Waals surface area contributed by atoms with Crippen LogP contribution in [0.3, 0.4) is 0 Å². The van der Waals surface area contributed by atoms with Crippen LogP contribution >= 0.6 is 0 Å². The zero-order valence-electron chi connectivity index (χ0n) is 30.8. The molecule has 0 N–H and O–H groups in total. The molecule has 320 valence electrons. The largest absolute Gasteiger partial charge is 0.463 e. The Morgan fingerprint density at radius 2 is 0.915 bits per heavy atom. The summed E-state index contributed by atoms with van der Waals surface area (Å²) in [6.45, 7) is -5.44. The van der Waals surface area contributed by atoms with Crippen molar-refractivity contribution in [2.45, 2.75) is 25.7 Å². The first-order valence-corrected chi connectivity index (χ1v) is 16.9. The molecular formula is C34H36N2O23. The van der Waals surface area contributed by atoms with Gasteiger partial charge in [0, 0.05) is 0 Å². The quantitative estimate of drug-likeness (QED) is 0.0162. The van der Waals surface area contributed by atoms with Gasteiger partial charge in [0.2, 0.25) is 0 Å². The molecule has 0 bridgehead atoms. The summed E-state index contributed by atoms with van der Waals surface area (Å²) in [4.78, 5) is 129. The summed E-state index contributed by atoms with van der Waals surface area (Å²) in [5, 5.41) is 11.2. The molecule has 0 aromatic heterocycles. The van der Waals surface area contributed by atoms with Crippen LogP contribution in [0, 0.1) is 15.0 Å². The van der Waals surface area contributed by atoms with Gasteiger partial charge in [-0.2, -0.15) is 9.88 Å². The first-order valence-electron chi connectivity index (χ1n) is 16.9. The fourth-order valence-corrected chi connectivity index (χ4v) is 3.86. The molecule has 0 heterocycles. The van der Waals surface area contributed by atoms with Gasteiger partial charge in [-0.1, -0.05) is 24.3 Å². The maximum absolute atomic E-state index is 12.5. The van der Waals surface area contributed by atoms with Crippen LogP contribution in [-0.4, -0.2) is 119 Å². The predicted octanol–water partition coefficient (Wildman–Crippen LogP) is 1.10. The van der Waals surface area contributed by atoms with Gasteiger partial charge in [0.1, 0.15) is 35.8 Å². The number of unbranched alkanes of at least 4 members (excludes halogenated alkanes) is 2. The lowest BCUT2D eigenvalue weighted by molar-refractivity contribution is -0.757. The van der Waals surface area contributed by atoms with Gasteiger partial charge in [0.15, 0.2) is 31.8 Å². The van der Waals surface area contributed by atoms with E-state index >= 15 is 0 Å². The Balaban J connectivity index is 1.65. The average molecular weight is 841 g/mol. The van der Waals surface area contributed by atoms with E-state index < -0.39 is 92.5 Å². The number of esters is 8. The Morgan fingerprint density at radius 3 is 1.37 bits per heavy atom. The number of carbonyl (C=O) groups is 8. The first kappa shape index (κ1) is 47.9. The SMILES string of the molecule is O=NOOCCCCOC(=O)COC(=O)c1ccccc1OC(=O)COC(=O)COCC(=O)OCC(=O)Oc1ccccc1C(=O)OCC(=O)OCCCCO[N+](=O)[O-]. The van der Waals surface area contributed by atoms with Crippen molar-refractivity contribution in [3.8, 4) is 11.5 Å². The number of carbonyl (C=O) groups excluding carboxylic acids is 8. The van der Waals surface area contributed by atoms with Gasteiger partial charge < -0.3 is 47.5 Å². The maximum atomic E-state index is 12.5. The molecule has 0 unspecified atom stereocenters. The van der Waals surface area contributed by atoms with Crippen LogP contribution in [0.4, 0.5) is 0 Å². The van der Waals surface area contributed by atoms with E-state index in [4.69, 9.17) is 42.6 Å². The van der Waals surface area contributed by atoms with Crippen molar-refractivity contribution in [2.24, 2.45) is 5.34 Å². The molecular weight excluding hydrogens is 804 g/mol. The second-order valence-electron chi connectivity index (χ2n) is 10.8. The van der Waals surface area contributed by atoms with Gasteiger partial charge in [0.05, 0.1) is 26.4 Å². The third-order valence-corrected chi connectivity index (χ3v) is 6.41. The van der Waals surface area contributed by atoms with Crippen LogP contribution in [0.5, 0.6) is 11.5 Å². The standard InChI is InChI=1S/C34H36N2O23/c37-27(51-21-31(41)57-25-11-3-1-9-23(25)33(43)53-19-29(39)49-13-5-7-15-55-36(46)47)17-48-18-28(38)52-22-32(42)58-26-12-4-2-10-24(26)34(44)54-20-30(40)50-14-6-8-16-56-59-35-45/h1-4,9-12H,5-8,13-22H2. The highest BCUT2D eigenvalue weighted by molar-refractivity contribution is 5.95. The Bertz CT molecular complexity index is 1760. The summed E-state index contributed by atoms with van der Waals surface area (Å²) in [6.07, 6.45) is 1.20. The van der Waals surface area contributed by atoms with Crippen molar-refractivity contribution in [2.75, 3.05) is 66.1 Å². The van der Waals surface area contributed by atoms with Crippen molar-refractivity contribution >= 4 is 47.8 Å². The summed E-state index contributed by atoms with van der Waals surface area (Å²) in [6, 6.07) is 10.6. The Morgan fingerprint density at radius 1 is 0.508 bits per heavy atom. The third-order valence-electron chi connectivity index (χ3n) is 6.41. The Labute approximate surface area is 331 Å². The fraction of sp³-hybridized carbons (Fsp3) is 0.412. The number of para-hydroxylation sites is 2. The third kappa shape index (κ3) is 21.6. The van der Waals surface area contributed by atoms with Gasteiger partial charge in [-0.15, -0.1) is 15.0 Å². The highest BCUT2D eigenvalue weighted by Gasteiger charge is 2.21. The average Bonchev–Trinajstić information content (AvgIpc) is 3.21. The van der Waals surface area contributed by atoms with Crippen molar-refractivity contribution < 1.29 is 101 Å². The second kappa shape index (κ2) is 28.2. The van der Waals surface area contributed by atoms with E-state index in [9.17, 15) is 53.4 Å². The molecule has 0 amide bonds. The lowest BCUT2D eigenvalue weighted by atomic mass is 10.2. The molecule has 2 aromatic carbocycles. The molecule has 25 heteroatoms. The topological polar surface area (TPSA) is 320 Å². The molecule has 0 fully saturated rings. The summed E-state index contributed by atoms with van der Waals surface area (Å²) >= 11 is 0. The number of benzene rings is 2. The van der Waals surface area contributed by atoms with E-state index in [1.165, 1.54) is 48.5 Å². The van der Waals surface area contributed by atoms with Crippen LogP contribution in [-0.2, 0) is 76.6 Å². The Hall–Kier alpha value is -7.28. The zero-order chi connectivity index (χ0) is 43.3. The molecule has 0 saturated carbocycles. The summed E-state index contributed by atoms with van der Waals surface area (Å²) < 4.78 is 43.8. The minimum atomic E-state index is -1.13. The zero-order valence-corrected chi connectivity index (χ0v) is 30.8. The number of rotatable bonds is 29. The molecule has 0 radical (unpaired) electrons. The summed E-state index contributed by atoms with van der Waals surface area (Å²) in [5.41, 5.74) is -0.507. The minimum absolute atomic E-state index is 0.0228. The molecule has 0 spiro atoms. The van der Waals surface area contributed by atoms with E-state index in [2.05, 4.69) is 14.7 Å². The number of hydrogen-bond donors (Lipinski definition) is 0. The lowest BCUT2D eigenvalue weighted by Crippen LogP contribution is -2.25. The van der Waals surface area contributed by atoms with Crippen LogP contribution in [0.2, 0.25) is 0 Å². The van der Waals surface area contributed by atoms with Gasteiger partial charge in [-0.05, 0) is 49.9 Å². The monoisotopic (exact) mass is 840 g/mol. The number of hydrogen-bond acceptors (Lipinski definition) is 24. The maximum Gasteiger partial charge on any atom is 0.349 e. The van der Waals surface area contributed by atoms with Crippen LogP contribution in [0.15, 0.2) is 53.9 Å². The molecule has 0 saturated heterocycles. The van der Waals surface area contributed by atoms with E-state index in [1.54, 1.807) is 0 Å². The van der Waals surface area contributed by atoms with Crippen molar-refractivity contribution in [1.82, 2.24) is 0 Å². The molecule has 0 aliphatic heterocycles. The molecule has 2 rings (SSSR count). The van der Waals surface area contributed by atoms with Gasteiger partial charge in [-0.25, -0.2) is 38.4 Å². The fourth-order valence-electron chi connectivity index (χ4n) is 3.86. The second-order valence-corrected chi connectivity index (χ2v) is 10.8. The summed E-state index contributed by atoms with van der Waals surface area (Å²) in [5.74, 6) is -8.96.